The lowest BCUT2D eigenvalue weighted by molar-refractivity contribution is 1.12. The lowest BCUT2D eigenvalue weighted by Gasteiger charge is -2.12. The summed E-state index contributed by atoms with van der Waals surface area (Å²) in [6.07, 6.45) is 1.77. The molecule has 1 heterocycles. The predicted octanol–water partition coefficient (Wildman–Crippen LogP) is 4.03. The Morgan fingerprint density at radius 3 is 2.12 bits per heavy atom. The van der Waals surface area contributed by atoms with Gasteiger partial charge in [0.05, 0.1) is 5.69 Å². The summed E-state index contributed by atoms with van der Waals surface area (Å²) in [5, 5.41) is 0.296. The van der Waals surface area contributed by atoms with E-state index in [1.807, 2.05) is 6.92 Å². The Labute approximate surface area is 107 Å². The molecule has 1 aromatic carbocycles. The Morgan fingerprint density at radius 2 is 1.53 bits per heavy atom. The summed E-state index contributed by atoms with van der Waals surface area (Å²) in [5.41, 5.74) is 6.85. The van der Waals surface area contributed by atoms with Gasteiger partial charge in [-0.05, 0) is 56.0 Å². The van der Waals surface area contributed by atoms with Crippen LogP contribution in [0.15, 0.2) is 18.3 Å². The molecule has 0 amide bonds. The molecule has 0 aliphatic rings. The van der Waals surface area contributed by atoms with E-state index < -0.39 is 0 Å². The highest BCUT2D eigenvalue weighted by Crippen LogP contribution is 2.29. The van der Waals surface area contributed by atoms with E-state index in [1.54, 1.807) is 6.20 Å². The van der Waals surface area contributed by atoms with E-state index >= 15 is 0 Å². The van der Waals surface area contributed by atoms with Gasteiger partial charge in [-0.25, -0.2) is 9.97 Å². The fourth-order valence-electron chi connectivity index (χ4n) is 2.23. The predicted molar refractivity (Wildman–Crippen MR) is 71.4 cm³/mol. The molecule has 0 saturated carbocycles. The molecule has 0 bridgehead atoms. The first kappa shape index (κ1) is 12.1. The minimum absolute atomic E-state index is 0.296. The zero-order valence-corrected chi connectivity index (χ0v) is 11.3. The maximum Gasteiger partial charge on any atom is 0.222 e. The highest BCUT2D eigenvalue weighted by molar-refractivity contribution is 6.28. The summed E-state index contributed by atoms with van der Waals surface area (Å²) in [5.74, 6) is 0. The molecule has 0 unspecified atom stereocenters. The highest BCUT2D eigenvalue weighted by atomic mass is 35.5. The first-order chi connectivity index (χ1) is 7.99. The van der Waals surface area contributed by atoms with Crippen molar-refractivity contribution in [3.8, 4) is 11.3 Å². The largest absolute Gasteiger partial charge is 0.226 e. The maximum absolute atomic E-state index is 5.88. The summed E-state index contributed by atoms with van der Waals surface area (Å²) in [6, 6.07) is 4.33. The molecule has 17 heavy (non-hydrogen) atoms. The van der Waals surface area contributed by atoms with Gasteiger partial charge in [-0.15, -0.1) is 0 Å². The van der Waals surface area contributed by atoms with Crippen molar-refractivity contribution in [1.29, 1.82) is 0 Å². The van der Waals surface area contributed by atoms with E-state index in [2.05, 4.69) is 42.9 Å². The van der Waals surface area contributed by atoms with Crippen LogP contribution in [0.4, 0.5) is 0 Å². The van der Waals surface area contributed by atoms with Crippen molar-refractivity contribution in [2.75, 3.05) is 0 Å². The minimum atomic E-state index is 0.296. The van der Waals surface area contributed by atoms with Gasteiger partial charge in [0.15, 0.2) is 0 Å². The standard InChI is InChI=1S/C14H15ClN2/c1-8-5-9(2)12(10(3)6-8)13-11(4)7-16-14(15)17-13/h5-7H,1-4H3. The average molecular weight is 247 g/mol. The van der Waals surface area contributed by atoms with Crippen LogP contribution in [-0.2, 0) is 0 Å². The number of halogens is 1. The number of aryl methyl sites for hydroxylation is 4. The molecule has 2 aromatic rings. The van der Waals surface area contributed by atoms with Crippen LogP contribution in [0.25, 0.3) is 11.3 Å². The maximum atomic E-state index is 5.88. The lowest BCUT2D eigenvalue weighted by Crippen LogP contribution is -1.97. The monoisotopic (exact) mass is 246 g/mol. The van der Waals surface area contributed by atoms with Crippen LogP contribution in [0.3, 0.4) is 0 Å². The Morgan fingerprint density at radius 1 is 0.941 bits per heavy atom. The molecular formula is C14H15ClN2. The van der Waals surface area contributed by atoms with Gasteiger partial charge in [0.1, 0.15) is 0 Å². The SMILES string of the molecule is Cc1cc(C)c(-c2nc(Cl)ncc2C)c(C)c1. The summed E-state index contributed by atoms with van der Waals surface area (Å²) < 4.78 is 0. The smallest absolute Gasteiger partial charge is 0.222 e. The zero-order valence-electron chi connectivity index (χ0n) is 10.5. The second-order valence-electron chi connectivity index (χ2n) is 4.44. The topological polar surface area (TPSA) is 25.8 Å². The van der Waals surface area contributed by atoms with Gasteiger partial charge in [0.2, 0.25) is 5.28 Å². The molecule has 0 saturated heterocycles. The third kappa shape index (κ3) is 2.32. The normalized spacial score (nSPS) is 10.6. The second kappa shape index (κ2) is 4.46. The van der Waals surface area contributed by atoms with Crippen molar-refractivity contribution < 1.29 is 0 Å². The van der Waals surface area contributed by atoms with Gasteiger partial charge in [-0.3, -0.25) is 0 Å². The number of benzene rings is 1. The molecule has 0 spiro atoms. The van der Waals surface area contributed by atoms with Crippen molar-refractivity contribution in [2.45, 2.75) is 27.7 Å². The Kier molecular flexibility index (Phi) is 3.16. The third-order valence-corrected chi connectivity index (χ3v) is 3.04. The number of rotatable bonds is 1. The van der Waals surface area contributed by atoms with Crippen molar-refractivity contribution in [2.24, 2.45) is 0 Å². The van der Waals surface area contributed by atoms with Gasteiger partial charge in [-0.2, -0.15) is 0 Å². The summed E-state index contributed by atoms with van der Waals surface area (Å²) in [6.45, 7) is 8.31. The molecular weight excluding hydrogens is 232 g/mol. The van der Waals surface area contributed by atoms with Gasteiger partial charge in [0.25, 0.3) is 0 Å². The van der Waals surface area contributed by atoms with E-state index in [-0.39, 0.29) is 0 Å². The third-order valence-electron chi connectivity index (χ3n) is 2.86. The van der Waals surface area contributed by atoms with Crippen LogP contribution < -0.4 is 0 Å². The zero-order chi connectivity index (χ0) is 12.6. The molecule has 2 rings (SSSR count). The first-order valence-electron chi connectivity index (χ1n) is 5.56. The second-order valence-corrected chi connectivity index (χ2v) is 4.78. The van der Waals surface area contributed by atoms with Gasteiger partial charge < -0.3 is 0 Å². The number of nitrogens with zero attached hydrogens (tertiary/aromatic N) is 2. The highest BCUT2D eigenvalue weighted by Gasteiger charge is 2.11. The van der Waals surface area contributed by atoms with Crippen LogP contribution in [-0.4, -0.2) is 9.97 Å². The Bertz CT molecular complexity index is 553. The lowest BCUT2D eigenvalue weighted by atomic mass is 9.95. The van der Waals surface area contributed by atoms with Gasteiger partial charge in [-0.1, -0.05) is 17.7 Å². The molecule has 0 radical (unpaired) electrons. The van der Waals surface area contributed by atoms with Crippen LogP contribution in [0.5, 0.6) is 0 Å². The summed E-state index contributed by atoms with van der Waals surface area (Å²) >= 11 is 5.88. The van der Waals surface area contributed by atoms with Crippen molar-refractivity contribution in [3.05, 3.63) is 45.9 Å². The van der Waals surface area contributed by atoms with Gasteiger partial charge in [0, 0.05) is 11.8 Å². The van der Waals surface area contributed by atoms with Crippen molar-refractivity contribution in [3.63, 3.8) is 0 Å². The van der Waals surface area contributed by atoms with E-state index in [0.717, 1.165) is 16.8 Å². The fraction of sp³-hybridized carbons (Fsp3) is 0.286. The number of hydrogen-bond acceptors (Lipinski definition) is 2. The van der Waals surface area contributed by atoms with Crippen LogP contribution in [0.2, 0.25) is 5.28 Å². The van der Waals surface area contributed by atoms with E-state index in [1.165, 1.54) is 16.7 Å². The average Bonchev–Trinajstić information content (AvgIpc) is 2.21. The van der Waals surface area contributed by atoms with Crippen molar-refractivity contribution in [1.82, 2.24) is 9.97 Å². The Balaban J connectivity index is 2.72. The molecule has 1 aromatic heterocycles. The van der Waals surface area contributed by atoms with Gasteiger partial charge >= 0.3 is 0 Å². The number of hydrogen-bond donors (Lipinski definition) is 0. The molecule has 0 atom stereocenters. The molecule has 0 N–H and O–H groups in total. The van der Waals surface area contributed by atoms with Crippen molar-refractivity contribution >= 4 is 11.6 Å². The molecule has 0 aliphatic heterocycles. The van der Waals surface area contributed by atoms with Crippen LogP contribution in [0.1, 0.15) is 22.3 Å². The minimum Gasteiger partial charge on any atom is -0.226 e. The van der Waals surface area contributed by atoms with E-state index in [9.17, 15) is 0 Å². The van der Waals surface area contributed by atoms with Crippen LogP contribution >= 0.6 is 11.6 Å². The fourth-order valence-corrected chi connectivity index (χ4v) is 2.36. The van der Waals surface area contributed by atoms with E-state index in [4.69, 9.17) is 11.6 Å². The summed E-state index contributed by atoms with van der Waals surface area (Å²) in [7, 11) is 0. The molecule has 2 nitrogen and oxygen atoms in total. The molecule has 0 fully saturated rings. The van der Waals surface area contributed by atoms with Crippen LogP contribution in [0, 0.1) is 27.7 Å². The first-order valence-corrected chi connectivity index (χ1v) is 5.94. The molecule has 0 aliphatic carbocycles. The Hall–Kier alpha value is -1.41. The summed E-state index contributed by atoms with van der Waals surface area (Å²) in [4.78, 5) is 8.34. The molecule has 88 valence electrons. The van der Waals surface area contributed by atoms with E-state index in [0.29, 0.717) is 5.28 Å². The molecule has 3 heteroatoms. The number of aromatic nitrogens is 2. The quantitative estimate of drug-likeness (QED) is 0.710.